The fourth-order valence-corrected chi connectivity index (χ4v) is 4.17. The average Bonchev–Trinajstić information content (AvgIpc) is 2.65. The van der Waals surface area contributed by atoms with Crippen molar-refractivity contribution in [2.24, 2.45) is 0 Å². The Kier molecular flexibility index (Phi) is 6.44. The topological polar surface area (TPSA) is 76.1 Å². The van der Waals surface area contributed by atoms with Crippen LogP contribution in [0, 0.1) is 13.8 Å². The molecule has 1 aliphatic heterocycles. The van der Waals surface area contributed by atoms with Crippen molar-refractivity contribution in [3.05, 3.63) is 29.3 Å². The highest BCUT2D eigenvalue weighted by Crippen LogP contribution is 2.26. The number of aryl methyl sites for hydroxylation is 1. The van der Waals surface area contributed by atoms with Crippen LogP contribution in [0.25, 0.3) is 0 Å². The van der Waals surface area contributed by atoms with Crippen LogP contribution in [-0.2, 0) is 4.79 Å². The van der Waals surface area contributed by atoms with Gasteiger partial charge in [0.2, 0.25) is 0 Å². The fourth-order valence-electron chi connectivity index (χ4n) is 4.17. The number of aliphatic carboxylic acids is 1. The highest BCUT2D eigenvalue weighted by atomic mass is 16.4. The van der Waals surface area contributed by atoms with Crippen LogP contribution >= 0.6 is 0 Å². The predicted molar refractivity (Wildman–Crippen MR) is 110 cm³/mol. The molecule has 0 unspecified atom stereocenters. The number of carboxylic acids is 1. The largest absolute Gasteiger partial charge is 0.480 e. The molecule has 0 aromatic heterocycles. The van der Waals surface area contributed by atoms with Gasteiger partial charge in [-0.15, -0.1) is 0 Å². The van der Waals surface area contributed by atoms with Gasteiger partial charge in [-0.05, 0) is 50.4 Å². The molecule has 0 bridgehead atoms. The van der Waals surface area contributed by atoms with Crippen LogP contribution in [0.4, 0.5) is 10.5 Å². The summed E-state index contributed by atoms with van der Waals surface area (Å²) in [7, 11) is 0. The molecule has 1 saturated carbocycles. The number of likely N-dealkylation sites (N-methyl/N-ethyl adjacent to an activating group) is 1. The third-order valence-electron chi connectivity index (χ3n) is 6.19. The molecule has 3 rings (SSSR count). The lowest BCUT2D eigenvalue weighted by molar-refractivity contribution is -0.139. The molecule has 0 spiro atoms. The first kappa shape index (κ1) is 20.5. The van der Waals surface area contributed by atoms with Crippen molar-refractivity contribution in [2.75, 3.05) is 44.2 Å². The number of hydrogen-bond acceptors (Lipinski definition) is 4. The lowest BCUT2D eigenvalue weighted by Gasteiger charge is -2.43. The number of hydrogen-bond donors (Lipinski definition) is 2. The molecule has 1 heterocycles. The van der Waals surface area contributed by atoms with Gasteiger partial charge in [-0.25, -0.2) is 4.79 Å². The van der Waals surface area contributed by atoms with E-state index in [-0.39, 0.29) is 24.7 Å². The van der Waals surface area contributed by atoms with Gasteiger partial charge in [0.25, 0.3) is 0 Å². The summed E-state index contributed by atoms with van der Waals surface area (Å²) < 4.78 is 0. The number of nitrogens with one attached hydrogen (secondary N) is 1. The summed E-state index contributed by atoms with van der Waals surface area (Å²) >= 11 is 0. The van der Waals surface area contributed by atoms with E-state index in [1.807, 2.05) is 16.7 Å². The smallest absolute Gasteiger partial charge is 0.317 e. The summed E-state index contributed by atoms with van der Waals surface area (Å²) in [4.78, 5) is 29.7. The van der Waals surface area contributed by atoms with E-state index in [9.17, 15) is 9.59 Å². The van der Waals surface area contributed by atoms with E-state index in [1.54, 1.807) is 0 Å². The summed E-state index contributed by atoms with van der Waals surface area (Å²) in [6, 6.07) is 6.79. The number of carbonyl (C=O) groups is 2. The molecule has 2 amide bonds. The summed E-state index contributed by atoms with van der Waals surface area (Å²) in [5, 5.41) is 12.1. The molecule has 1 aliphatic carbocycles. The Morgan fingerprint density at radius 2 is 1.86 bits per heavy atom. The first-order valence-electron chi connectivity index (χ1n) is 10.2. The molecule has 0 radical (unpaired) electrons. The quantitative estimate of drug-likeness (QED) is 0.780. The molecule has 1 aromatic rings. The number of benzene rings is 1. The first-order chi connectivity index (χ1) is 13.4. The van der Waals surface area contributed by atoms with Crippen LogP contribution in [-0.4, -0.2) is 78.3 Å². The number of carboxylic acid groups (broad SMARTS) is 1. The highest BCUT2D eigenvalue weighted by Gasteiger charge is 2.35. The zero-order chi connectivity index (χ0) is 20.3. The van der Waals surface area contributed by atoms with E-state index in [4.69, 9.17) is 5.11 Å². The summed E-state index contributed by atoms with van der Waals surface area (Å²) in [5.41, 5.74) is 3.86. The van der Waals surface area contributed by atoms with Crippen LogP contribution < -0.4 is 10.2 Å². The molecule has 154 valence electrons. The molecule has 1 aromatic carbocycles. The predicted octanol–water partition coefficient (Wildman–Crippen LogP) is 2.07. The Bertz CT molecular complexity index is 710. The van der Waals surface area contributed by atoms with E-state index < -0.39 is 5.97 Å². The summed E-state index contributed by atoms with van der Waals surface area (Å²) in [6.45, 7) is 10.2. The monoisotopic (exact) mass is 388 g/mol. The second-order valence-corrected chi connectivity index (χ2v) is 7.92. The van der Waals surface area contributed by atoms with Gasteiger partial charge in [-0.1, -0.05) is 19.1 Å². The number of nitrogens with zero attached hydrogens (tertiary/aromatic N) is 3. The second-order valence-electron chi connectivity index (χ2n) is 7.92. The molecular formula is C21H32N4O3. The van der Waals surface area contributed by atoms with Crippen molar-refractivity contribution < 1.29 is 14.7 Å². The van der Waals surface area contributed by atoms with E-state index >= 15 is 0 Å². The van der Waals surface area contributed by atoms with Gasteiger partial charge in [0, 0.05) is 44.0 Å². The maximum Gasteiger partial charge on any atom is 0.317 e. The lowest BCUT2D eigenvalue weighted by Crippen LogP contribution is -2.59. The first-order valence-corrected chi connectivity index (χ1v) is 10.2. The molecule has 2 fully saturated rings. The maximum atomic E-state index is 12.6. The van der Waals surface area contributed by atoms with Gasteiger partial charge in [-0.3, -0.25) is 9.69 Å². The third-order valence-corrected chi connectivity index (χ3v) is 6.19. The average molecular weight is 389 g/mol. The number of amides is 2. The Morgan fingerprint density at radius 3 is 2.46 bits per heavy atom. The standard InChI is InChI=1S/C21H32N4O3/c1-4-23(14-20(26)27)18-12-17(13-18)22-21(28)25-10-8-24(9-11-25)19-7-5-6-15(2)16(19)3/h5-7,17-18H,4,8-14H2,1-3H3,(H,22,28)(H,26,27). The molecule has 2 aliphatic rings. The van der Waals surface area contributed by atoms with Crippen LogP contribution in [0.1, 0.15) is 30.9 Å². The van der Waals surface area contributed by atoms with E-state index in [0.717, 1.165) is 45.6 Å². The van der Waals surface area contributed by atoms with Gasteiger partial charge in [0.15, 0.2) is 0 Å². The second kappa shape index (κ2) is 8.82. The van der Waals surface area contributed by atoms with Gasteiger partial charge >= 0.3 is 12.0 Å². The third kappa shape index (κ3) is 4.58. The van der Waals surface area contributed by atoms with Crippen molar-refractivity contribution in [3.8, 4) is 0 Å². The molecule has 2 N–H and O–H groups in total. The van der Waals surface area contributed by atoms with Crippen molar-refractivity contribution >= 4 is 17.7 Å². The minimum Gasteiger partial charge on any atom is -0.480 e. The number of anilines is 1. The van der Waals surface area contributed by atoms with Crippen molar-refractivity contribution in [1.82, 2.24) is 15.1 Å². The summed E-state index contributed by atoms with van der Waals surface area (Å²) in [6.07, 6.45) is 1.66. The SMILES string of the molecule is CCN(CC(=O)O)C1CC(NC(=O)N2CCN(c3cccc(C)c3C)CC2)C1. The molecule has 1 saturated heterocycles. The highest BCUT2D eigenvalue weighted by molar-refractivity contribution is 5.75. The summed E-state index contributed by atoms with van der Waals surface area (Å²) in [5.74, 6) is -0.795. The Labute approximate surface area is 167 Å². The molecule has 0 atom stereocenters. The van der Waals surface area contributed by atoms with Gasteiger partial charge in [0.1, 0.15) is 0 Å². The van der Waals surface area contributed by atoms with Crippen molar-refractivity contribution in [2.45, 2.75) is 45.7 Å². The van der Waals surface area contributed by atoms with E-state index in [1.165, 1.54) is 16.8 Å². The van der Waals surface area contributed by atoms with E-state index in [0.29, 0.717) is 0 Å². The molecule has 7 heteroatoms. The van der Waals surface area contributed by atoms with Gasteiger partial charge in [0.05, 0.1) is 6.54 Å². The van der Waals surface area contributed by atoms with Gasteiger partial charge in [-0.2, -0.15) is 0 Å². The molecule has 28 heavy (non-hydrogen) atoms. The van der Waals surface area contributed by atoms with Crippen LogP contribution in [0.15, 0.2) is 18.2 Å². The zero-order valence-corrected chi connectivity index (χ0v) is 17.1. The van der Waals surface area contributed by atoms with Crippen LogP contribution in [0.5, 0.6) is 0 Å². The Morgan fingerprint density at radius 1 is 1.18 bits per heavy atom. The number of piperazine rings is 1. The molecule has 7 nitrogen and oxygen atoms in total. The minimum atomic E-state index is -0.795. The number of carbonyl (C=O) groups excluding carboxylic acids is 1. The van der Waals surface area contributed by atoms with Crippen LogP contribution in [0.2, 0.25) is 0 Å². The Hall–Kier alpha value is -2.28. The van der Waals surface area contributed by atoms with Crippen molar-refractivity contribution in [1.29, 1.82) is 0 Å². The van der Waals surface area contributed by atoms with Crippen molar-refractivity contribution in [3.63, 3.8) is 0 Å². The minimum absolute atomic E-state index is 0.00495. The lowest BCUT2D eigenvalue weighted by atomic mass is 9.85. The van der Waals surface area contributed by atoms with E-state index in [2.05, 4.69) is 42.3 Å². The number of urea groups is 1. The fraction of sp³-hybridized carbons (Fsp3) is 0.619. The van der Waals surface area contributed by atoms with Gasteiger partial charge < -0.3 is 20.2 Å². The maximum absolute atomic E-state index is 12.6. The normalized spacial score (nSPS) is 22.1. The van der Waals surface area contributed by atoms with Crippen LogP contribution in [0.3, 0.4) is 0 Å². The Balaban J connectivity index is 1.44. The number of rotatable bonds is 6. The zero-order valence-electron chi connectivity index (χ0n) is 17.1. The molecular weight excluding hydrogens is 356 g/mol.